The van der Waals surface area contributed by atoms with Crippen molar-refractivity contribution in [3.05, 3.63) is 64.7 Å². The van der Waals surface area contributed by atoms with Crippen LogP contribution in [0.1, 0.15) is 47.5 Å². The summed E-state index contributed by atoms with van der Waals surface area (Å²) in [5.74, 6) is 0.191. The molecule has 2 aliphatic heterocycles. The molecule has 3 amide bonds. The lowest BCUT2D eigenvalue weighted by Gasteiger charge is -2.33. The molecule has 0 saturated carbocycles. The Balaban J connectivity index is 1.33. The third kappa shape index (κ3) is 6.02. The number of likely N-dealkylation sites (tertiary alicyclic amines) is 2. The molecule has 2 aliphatic rings. The molecule has 0 radical (unpaired) electrons. The number of halogens is 1. The minimum atomic E-state index is -0.104. The average Bonchev–Trinajstić information content (AvgIpc) is 3.34. The summed E-state index contributed by atoms with van der Waals surface area (Å²) in [6, 6.07) is 14.9. The van der Waals surface area contributed by atoms with E-state index < -0.39 is 0 Å². The van der Waals surface area contributed by atoms with Gasteiger partial charge in [-0.3, -0.25) is 4.79 Å². The highest BCUT2D eigenvalue weighted by Gasteiger charge is 2.25. The van der Waals surface area contributed by atoms with Crippen LogP contribution < -0.4 is 10.6 Å². The Morgan fingerprint density at radius 1 is 1.00 bits per heavy atom. The van der Waals surface area contributed by atoms with Gasteiger partial charge >= 0.3 is 6.03 Å². The number of rotatable bonds is 6. The van der Waals surface area contributed by atoms with Crippen LogP contribution in [0.4, 0.5) is 10.5 Å². The molecule has 1 atom stereocenters. The van der Waals surface area contributed by atoms with Gasteiger partial charge in [-0.2, -0.15) is 0 Å². The van der Waals surface area contributed by atoms with Crippen LogP contribution in [0.3, 0.4) is 0 Å². The number of carbonyl (C=O) groups is 2. The smallest absolute Gasteiger partial charge is 0.321 e. The zero-order chi connectivity index (χ0) is 22.3. The molecule has 0 spiro atoms. The predicted molar refractivity (Wildman–Crippen MR) is 128 cm³/mol. The van der Waals surface area contributed by atoms with Crippen LogP contribution in [0.2, 0.25) is 5.02 Å². The van der Waals surface area contributed by atoms with E-state index in [9.17, 15) is 9.59 Å². The summed E-state index contributed by atoms with van der Waals surface area (Å²) in [4.78, 5) is 29.6. The molecular weight excluding hydrogens is 424 g/mol. The molecule has 2 fully saturated rings. The summed E-state index contributed by atoms with van der Waals surface area (Å²) in [7, 11) is 0. The maximum Gasteiger partial charge on any atom is 0.321 e. The zero-order valence-corrected chi connectivity index (χ0v) is 19.1. The number of urea groups is 1. The fourth-order valence-electron chi connectivity index (χ4n) is 4.54. The zero-order valence-electron chi connectivity index (χ0n) is 18.4. The van der Waals surface area contributed by atoms with Gasteiger partial charge in [0.2, 0.25) is 0 Å². The van der Waals surface area contributed by atoms with E-state index in [1.807, 2.05) is 23.1 Å². The molecule has 4 rings (SSSR count). The fourth-order valence-corrected chi connectivity index (χ4v) is 4.67. The normalized spacial score (nSPS) is 19.0. The first-order chi connectivity index (χ1) is 15.6. The third-order valence-corrected chi connectivity index (χ3v) is 6.59. The number of benzene rings is 2. The molecule has 0 aromatic heterocycles. The van der Waals surface area contributed by atoms with Crippen molar-refractivity contribution < 1.29 is 9.59 Å². The molecule has 2 aromatic rings. The van der Waals surface area contributed by atoms with Crippen molar-refractivity contribution >= 4 is 29.2 Å². The lowest BCUT2D eigenvalue weighted by Crippen LogP contribution is -2.41. The third-order valence-electron chi connectivity index (χ3n) is 6.34. The monoisotopic (exact) mass is 454 g/mol. The van der Waals surface area contributed by atoms with Gasteiger partial charge in [-0.15, -0.1) is 0 Å². The standard InChI is InChI=1S/C25H31ClN4O2/c26-22-8-10-23(11-9-22)28-25(32)30-15-4-7-21(18-30)19-5-3-6-20(17-19)24(31)27-12-16-29-13-1-2-14-29/h3,5-6,8-11,17,21H,1-2,4,7,12-16,18H2,(H,27,31)(H,28,32). The number of nitrogens with one attached hydrogen (secondary N) is 2. The molecular formula is C25H31ClN4O2. The first-order valence-electron chi connectivity index (χ1n) is 11.5. The number of hydrogen-bond donors (Lipinski definition) is 2. The van der Waals surface area contributed by atoms with Gasteiger partial charge in [-0.05, 0) is 80.7 Å². The van der Waals surface area contributed by atoms with Crippen LogP contribution in [0, 0.1) is 0 Å². The molecule has 0 aliphatic carbocycles. The lowest BCUT2D eigenvalue weighted by atomic mass is 9.89. The van der Waals surface area contributed by atoms with E-state index in [4.69, 9.17) is 11.6 Å². The van der Waals surface area contributed by atoms with Crippen molar-refractivity contribution in [2.75, 3.05) is 44.6 Å². The van der Waals surface area contributed by atoms with Gasteiger partial charge in [-0.1, -0.05) is 23.7 Å². The Bertz CT molecular complexity index is 928. The Hall–Kier alpha value is -2.57. The minimum absolute atomic E-state index is 0.0285. The van der Waals surface area contributed by atoms with Crippen LogP contribution in [0.15, 0.2) is 48.5 Å². The number of nitrogens with zero attached hydrogens (tertiary/aromatic N) is 2. The molecule has 170 valence electrons. The fraction of sp³-hybridized carbons (Fsp3) is 0.440. The first kappa shape index (κ1) is 22.6. The van der Waals surface area contributed by atoms with E-state index in [0.717, 1.165) is 50.3 Å². The van der Waals surface area contributed by atoms with Crippen LogP contribution in [-0.2, 0) is 0 Å². The van der Waals surface area contributed by atoms with E-state index in [2.05, 4.69) is 21.6 Å². The van der Waals surface area contributed by atoms with Gasteiger partial charge in [0.15, 0.2) is 0 Å². The van der Waals surface area contributed by atoms with Crippen LogP contribution in [-0.4, -0.2) is 61.0 Å². The Morgan fingerprint density at radius 2 is 1.78 bits per heavy atom. The molecule has 2 aromatic carbocycles. The Morgan fingerprint density at radius 3 is 2.56 bits per heavy atom. The quantitative estimate of drug-likeness (QED) is 0.671. The number of amides is 3. The highest BCUT2D eigenvalue weighted by Crippen LogP contribution is 2.28. The Kier molecular flexibility index (Phi) is 7.66. The summed E-state index contributed by atoms with van der Waals surface area (Å²) < 4.78 is 0. The maximum atomic E-state index is 12.7. The lowest BCUT2D eigenvalue weighted by molar-refractivity contribution is 0.0949. The number of anilines is 1. The second-order valence-electron chi connectivity index (χ2n) is 8.65. The molecule has 32 heavy (non-hydrogen) atoms. The molecule has 1 unspecified atom stereocenters. The molecule has 2 heterocycles. The van der Waals surface area contributed by atoms with Crippen LogP contribution in [0.25, 0.3) is 0 Å². The molecule has 2 saturated heterocycles. The molecule has 7 heteroatoms. The van der Waals surface area contributed by atoms with E-state index in [1.54, 1.807) is 24.3 Å². The Labute approximate surface area is 194 Å². The SMILES string of the molecule is O=C(NCCN1CCCC1)c1cccc(C2CCCN(C(=O)Nc3ccc(Cl)cc3)C2)c1. The van der Waals surface area contributed by atoms with Gasteiger partial charge in [0.05, 0.1) is 0 Å². The molecule has 0 bridgehead atoms. The minimum Gasteiger partial charge on any atom is -0.351 e. The van der Waals surface area contributed by atoms with Gasteiger partial charge < -0.3 is 20.4 Å². The van der Waals surface area contributed by atoms with Crippen molar-refractivity contribution in [3.8, 4) is 0 Å². The topological polar surface area (TPSA) is 64.7 Å². The predicted octanol–water partition coefficient (Wildman–Crippen LogP) is 4.58. The summed E-state index contributed by atoms with van der Waals surface area (Å²) >= 11 is 5.92. The maximum absolute atomic E-state index is 12.7. The van der Waals surface area contributed by atoms with E-state index in [0.29, 0.717) is 23.7 Å². The molecule has 6 nitrogen and oxygen atoms in total. The summed E-state index contributed by atoms with van der Waals surface area (Å²) in [5, 5.41) is 6.64. The highest BCUT2D eigenvalue weighted by molar-refractivity contribution is 6.30. The van der Waals surface area contributed by atoms with Gasteiger partial charge in [0.25, 0.3) is 5.91 Å². The van der Waals surface area contributed by atoms with E-state index in [1.165, 1.54) is 12.8 Å². The van der Waals surface area contributed by atoms with Crippen LogP contribution in [0.5, 0.6) is 0 Å². The van der Waals surface area contributed by atoms with E-state index >= 15 is 0 Å². The first-order valence-corrected chi connectivity index (χ1v) is 11.9. The van der Waals surface area contributed by atoms with Crippen LogP contribution >= 0.6 is 11.6 Å². The average molecular weight is 455 g/mol. The number of carbonyl (C=O) groups excluding carboxylic acids is 2. The molecule has 2 N–H and O–H groups in total. The second kappa shape index (κ2) is 10.8. The summed E-state index contributed by atoms with van der Waals surface area (Å²) in [5.41, 5.74) is 2.53. The number of piperidine rings is 1. The van der Waals surface area contributed by atoms with Crippen molar-refractivity contribution in [2.45, 2.75) is 31.6 Å². The second-order valence-corrected chi connectivity index (χ2v) is 9.09. The van der Waals surface area contributed by atoms with Crippen molar-refractivity contribution in [1.82, 2.24) is 15.1 Å². The van der Waals surface area contributed by atoms with Crippen molar-refractivity contribution in [1.29, 1.82) is 0 Å². The van der Waals surface area contributed by atoms with E-state index in [-0.39, 0.29) is 17.9 Å². The number of hydrogen-bond acceptors (Lipinski definition) is 3. The van der Waals surface area contributed by atoms with Gasteiger partial charge in [0.1, 0.15) is 0 Å². The van der Waals surface area contributed by atoms with Crippen molar-refractivity contribution in [2.24, 2.45) is 0 Å². The highest BCUT2D eigenvalue weighted by atomic mass is 35.5. The van der Waals surface area contributed by atoms with Gasteiger partial charge in [-0.25, -0.2) is 4.79 Å². The van der Waals surface area contributed by atoms with Gasteiger partial charge in [0, 0.05) is 48.4 Å². The summed E-state index contributed by atoms with van der Waals surface area (Å²) in [6.07, 6.45) is 4.45. The largest absolute Gasteiger partial charge is 0.351 e. The van der Waals surface area contributed by atoms with Crippen molar-refractivity contribution in [3.63, 3.8) is 0 Å². The summed E-state index contributed by atoms with van der Waals surface area (Å²) in [6.45, 7) is 5.22.